The predicted octanol–water partition coefficient (Wildman–Crippen LogP) is 2.37. The van der Waals surface area contributed by atoms with E-state index in [0.29, 0.717) is 5.88 Å². The maximum Gasteiger partial charge on any atom is 0.110 e. The van der Waals surface area contributed by atoms with Crippen molar-refractivity contribution >= 4 is 11.6 Å². The van der Waals surface area contributed by atoms with Gasteiger partial charge < -0.3 is 4.74 Å². The van der Waals surface area contributed by atoms with Crippen molar-refractivity contribution in [3.8, 4) is 0 Å². The summed E-state index contributed by atoms with van der Waals surface area (Å²) in [5.41, 5.74) is 1.23. The van der Waals surface area contributed by atoms with E-state index in [1.807, 2.05) is 18.2 Å². The van der Waals surface area contributed by atoms with Gasteiger partial charge in [-0.2, -0.15) is 0 Å². The summed E-state index contributed by atoms with van der Waals surface area (Å²) >= 11 is 5.62. The molecule has 1 fully saturated rings. The van der Waals surface area contributed by atoms with E-state index in [1.54, 1.807) is 0 Å². The molecule has 0 aliphatic carbocycles. The fourth-order valence-corrected chi connectivity index (χ4v) is 1.43. The van der Waals surface area contributed by atoms with Crippen molar-refractivity contribution < 1.29 is 4.74 Å². The average molecular weight is 169 g/mol. The van der Waals surface area contributed by atoms with E-state index in [9.17, 15) is 0 Å². The van der Waals surface area contributed by atoms with Gasteiger partial charge in [0.25, 0.3) is 0 Å². The van der Waals surface area contributed by atoms with Gasteiger partial charge in [0.15, 0.2) is 0 Å². The Balaban J connectivity index is 2.09. The lowest BCUT2D eigenvalue weighted by Gasteiger charge is -1.91. The average Bonchev–Trinajstić information content (AvgIpc) is 2.85. The van der Waals surface area contributed by atoms with Gasteiger partial charge in [-0.1, -0.05) is 30.3 Å². The van der Waals surface area contributed by atoms with Gasteiger partial charge in [0.2, 0.25) is 0 Å². The molecule has 1 aromatic carbocycles. The third kappa shape index (κ3) is 1.39. The molecule has 0 saturated carbocycles. The van der Waals surface area contributed by atoms with Crippen LogP contribution < -0.4 is 0 Å². The zero-order chi connectivity index (χ0) is 7.68. The zero-order valence-electron chi connectivity index (χ0n) is 6.03. The SMILES string of the molecule is ClC[C@@H]1O[C@@H]1c1ccccc1. The van der Waals surface area contributed by atoms with Crippen molar-refractivity contribution in [2.45, 2.75) is 12.2 Å². The predicted molar refractivity (Wildman–Crippen MR) is 44.8 cm³/mol. The van der Waals surface area contributed by atoms with E-state index in [0.717, 1.165) is 0 Å². The summed E-state index contributed by atoms with van der Waals surface area (Å²) in [7, 11) is 0. The summed E-state index contributed by atoms with van der Waals surface area (Å²) in [6.07, 6.45) is 0.507. The van der Waals surface area contributed by atoms with Crippen LogP contribution in [0.25, 0.3) is 0 Å². The van der Waals surface area contributed by atoms with Crippen molar-refractivity contribution in [1.82, 2.24) is 0 Å². The Hall–Kier alpha value is -0.530. The Morgan fingerprint density at radius 3 is 2.55 bits per heavy atom. The molecular weight excluding hydrogens is 160 g/mol. The highest BCUT2D eigenvalue weighted by Crippen LogP contribution is 2.38. The lowest BCUT2D eigenvalue weighted by atomic mass is 10.1. The van der Waals surface area contributed by atoms with Crippen LogP contribution in [0.2, 0.25) is 0 Å². The number of hydrogen-bond donors (Lipinski definition) is 0. The van der Waals surface area contributed by atoms with Crippen molar-refractivity contribution in [2.24, 2.45) is 0 Å². The van der Waals surface area contributed by atoms with Crippen LogP contribution in [-0.2, 0) is 4.74 Å². The van der Waals surface area contributed by atoms with E-state index in [4.69, 9.17) is 16.3 Å². The molecule has 2 atom stereocenters. The van der Waals surface area contributed by atoms with Gasteiger partial charge in [-0.3, -0.25) is 0 Å². The number of alkyl halides is 1. The smallest absolute Gasteiger partial charge is 0.110 e. The molecule has 0 N–H and O–H groups in total. The molecule has 1 nitrogen and oxygen atoms in total. The molecule has 1 saturated heterocycles. The fourth-order valence-electron chi connectivity index (χ4n) is 1.20. The topological polar surface area (TPSA) is 12.5 Å². The number of benzene rings is 1. The number of hydrogen-bond acceptors (Lipinski definition) is 1. The van der Waals surface area contributed by atoms with Crippen LogP contribution >= 0.6 is 11.6 Å². The molecule has 0 radical (unpaired) electrons. The molecule has 1 aliphatic heterocycles. The van der Waals surface area contributed by atoms with Crippen molar-refractivity contribution in [3.63, 3.8) is 0 Å². The first kappa shape index (κ1) is 7.14. The second-order valence-electron chi connectivity index (χ2n) is 2.66. The minimum Gasteiger partial charge on any atom is -0.363 e. The first-order valence-electron chi connectivity index (χ1n) is 3.68. The lowest BCUT2D eigenvalue weighted by Crippen LogP contribution is -1.88. The van der Waals surface area contributed by atoms with Gasteiger partial charge in [-0.15, -0.1) is 11.6 Å². The van der Waals surface area contributed by atoms with Crippen LogP contribution in [0, 0.1) is 0 Å². The Bertz CT molecular complexity index is 235. The summed E-state index contributed by atoms with van der Waals surface area (Å²) < 4.78 is 5.32. The molecule has 1 heterocycles. The lowest BCUT2D eigenvalue weighted by molar-refractivity contribution is 0.384. The molecule has 2 rings (SSSR count). The molecular formula is C9H9ClO. The fraction of sp³-hybridized carbons (Fsp3) is 0.333. The number of ether oxygens (including phenoxy) is 1. The highest BCUT2D eigenvalue weighted by atomic mass is 35.5. The Kier molecular flexibility index (Phi) is 1.84. The third-order valence-electron chi connectivity index (χ3n) is 1.86. The summed E-state index contributed by atoms with van der Waals surface area (Å²) in [6, 6.07) is 10.2. The van der Waals surface area contributed by atoms with E-state index in [-0.39, 0.29) is 12.2 Å². The Morgan fingerprint density at radius 2 is 2.00 bits per heavy atom. The maximum atomic E-state index is 5.62. The maximum absolute atomic E-state index is 5.62. The molecule has 0 bridgehead atoms. The van der Waals surface area contributed by atoms with E-state index < -0.39 is 0 Å². The van der Waals surface area contributed by atoms with E-state index in [1.165, 1.54) is 5.56 Å². The van der Waals surface area contributed by atoms with Crippen molar-refractivity contribution in [1.29, 1.82) is 0 Å². The highest BCUT2D eigenvalue weighted by Gasteiger charge is 2.38. The highest BCUT2D eigenvalue weighted by molar-refractivity contribution is 6.18. The summed E-state index contributed by atoms with van der Waals surface area (Å²) in [5.74, 6) is 0.597. The summed E-state index contributed by atoms with van der Waals surface area (Å²) in [5, 5.41) is 0. The summed E-state index contributed by atoms with van der Waals surface area (Å²) in [4.78, 5) is 0. The summed E-state index contributed by atoms with van der Waals surface area (Å²) in [6.45, 7) is 0. The van der Waals surface area contributed by atoms with Crippen molar-refractivity contribution in [3.05, 3.63) is 35.9 Å². The largest absolute Gasteiger partial charge is 0.363 e. The first-order valence-corrected chi connectivity index (χ1v) is 4.21. The quantitative estimate of drug-likeness (QED) is 0.488. The standard InChI is InChI=1S/C9H9ClO/c10-6-8-9(11-8)7-4-2-1-3-5-7/h1-5,8-9H,6H2/t8-,9+/m0/s1. The molecule has 0 amide bonds. The van der Waals surface area contributed by atoms with Crippen LogP contribution in [0.5, 0.6) is 0 Å². The Morgan fingerprint density at radius 1 is 1.27 bits per heavy atom. The van der Waals surface area contributed by atoms with E-state index >= 15 is 0 Å². The second-order valence-corrected chi connectivity index (χ2v) is 2.97. The molecule has 1 aliphatic rings. The van der Waals surface area contributed by atoms with E-state index in [2.05, 4.69) is 12.1 Å². The number of rotatable bonds is 2. The van der Waals surface area contributed by atoms with Crippen LogP contribution in [0.3, 0.4) is 0 Å². The van der Waals surface area contributed by atoms with Gasteiger partial charge >= 0.3 is 0 Å². The van der Waals surface area contributed by atoms with Gasteiger partial charge in [-0.25, -0.2) is 0 Å². The molecule has 1 aromatic rings. The van der Waals surface area contributed by atoms with Crippen LogP contribution in [0.15, 0.2) is 30.3 Å². The molecule has 0 unspecified atom stereocenters. The van der Waals surface area contributed by atoms with Gasteiger partial charge in [0.1, 0.15) is 12.2 Å². The van der Waals surface area contributed by atoms with Crippen LogP contribution in [-0.4, -0.2) is 12.0 Å². The molecule has 11 heavy (non-hydrogen) atoms. The Labute approximate surface area is 70.9 Å². The first-order chi connectivity index (χ1) is 5.42. The number of epoxide rings is 1. The monoisotopic (exact) mass is 168 g/mol. The van der Waals surface area contributed by atoms with Gasteiger partial charge in [-0.05, 0) is 5.56 Å². The molecule has 2 heteroatoms. The van der Waals surface area contributed by atoms with Crippen LogP contribution in [0.4, 0.5) is 0 Å². The van der Waals surface area contributed by atoms with Crippen molar-refractivity contribution in [2.75, 3.05) is 5.88 Å². The van der Waals surface area contributed by atoms with Gasteiger partial charge in [0.05, 0.1) is 5.88 Å². The van der Waals surface area contributed by atoms with Gasteiger partial charge in [0, 0.05) is 0 Å². The zero-order valence-corrected chi connectivity index (χ0v) is 6.79. The van der Waals surface area contributed by atoms with Crippen LogP contribution in [0.1, 0.15) is 11.7 Å². The molecule has 0 spiro atoms. The molecule has 0 aromatic heterocycles. The normalized spacial score (nSPS) is 28.5. The molecule has 58 valence electrons. The minimum atomic E-state index is 0.249. The number of halogens is 1. The second kappa shape index (κ2) is 2.84. The minimum absolute atomic E-state index is 0.249. The third-order valence-corrected chi connectivity index (χ3v) is 2.17.